The number of methoxy groups -OCH3 is 2. The Bertz CT molecular complexity index is 849. The lowest BCUT2D eigenvalue weighted by Gasteiger charge is -2.33. The molecular formula is C23H26O4. The maximum atomic E-state index is 13.1. The molecule has 1 aliphatic rings. The summed E-state index contributed by atoms with van der Waals surface area (Å²) in [6, 6.07) is 14.9. The van der Waals surface area contributed by atoms with Crippen LogP contribution in [-0.4, -0.2) is 25.1 Å². The summed E-state index contributed by atoms with van der Waals surface area (Å²) in [5, 5.41) is 11.9. The first-order valence-electron chi connectivity index (χ1n) is 9.30. The van der Waals surface area contributed by atoms with Crippen LogP contribution in [0.4, 0.5) is 0 Å². The van der Waals surface area contributed by atoms with E-state index in [-0.39, 0.29) is 5.78 Å². The Morgan fingerprint density at radius 3 is 1.89 bits per heavy atom. The number of ether oxygens (including phenoxy) is 2. The Morgan fingerprint density at radius 1 is 0.926 bits per heavy atom. The van der Waals surface area contributed by atoms with Crippen molar-refractivity contribution in [3.8, 4) is 11.5 Å². The predicted molar refractivity (Wildman–Crippen MR) is 106 cm³/mol. The molecule has 2 aromatic rings. The second-order valence-electron chi connectivity index (χ2n) is 6.76. The third-order valence-electron chi connectivity index (χ3n) is 5.47. The van der Waals surface area contributed by atoms with E-state index in [4.69, 9.17) is 9.47 Å². The van der Waals surface area contributed by atoms with Crippen LogP contribution in [0.15, 0.2) is 54.1 Å². The zero-order valence-corrected chi connectivity index (χ0v) is 16.3. The van der Waals surface area contributed by atoms with Crippen molar-refractivity contribution in [3.05, 3.63) is 65.2 Å². The molecule has 142 valence electrons. The average Bonchev–Trinajstić information content (AvgIpc) is 2.94. The first-order valence-corrected chi connectivity index (χ1v) is 9.30. The van der Waals surface area contributed by atoms with Gasteiger partial charge in [-0.3, -0.25) is 4.79 Å². The van der Waals surface area contributed by atoms with Crippen LogP contribution in [0, 0.1) is 5.92 Å². The summed E-state index contributed by atoms with van der Waals surface area (Å²) in [6.07, 6.45) is 1.14. The van der Waals surface area contributed by atoms with Gasteiger partial charge in [0.25, 0.3) is 0 Å². The predicted octanol–water partition coefficient (Wildman–Crippen LogP) is 4.36. The van der Waals surface area contributed by atoms with Crippen molar-refractivity contribution in [2.45, 2.75) is 32.3 Å². The Kier molecular flexibility index (Phi) is 5.38. The smallest absolute Gasteiger partial charge is 0.165 e. The van der Waals surface area contributed by atoms with Crippen LogP contribution in [-0.2, 0) is 10.4 Å². The average molecular weight is 366 g/mol. The maximum absolute atomic E-state index is 13.1. The molecule has 0 spiro atoms. The van der Waals surface area contributed by atoms with Gasteiger partial charge < -0.3 is 14.6 Å². The molecule has 0 saturated heterocycles. The van der Waals surface area contributed by atoms with Crippen molar-refractivity contribution in [2.75, 3.05) is 14.2 Å². The number of ketones is 1. The standard InChI is InChI=1S/C23H26O4/c1-5-19-21(15-7-11-17(26-3)12-8-15)23(25,20(6-2)22(19)24)16-9-13-18(27-4)14-10-16/h7-14,20,25H,5-6H2,1-4H3/t20-,23-/m0/s1. The topological polar surface area (TPSA) is 55.8 Å². The molecule has 27 heavy (non-hydrogen) atoms. The molecule has 1 aliphatic carbocycles. The minimum atomic E-state index is -1.36. The molecule has 4 nitrogen and oxygen atoms in total. The molecule has 0 bridgehead atoms. The van der Waals surface area contributed by atoms with E-state index in [1.165, 1.54) is 0 Å². The van der Waals surface area contributed by atoms with Gasteiger partial charge in [-0.25, -0.2) is 0 Å². The van der Waals surface area contributed by atoms with E-state index < -0.39 is 11.5 Å². The first-order chi connectivity index (χ1) is 13.0. The fourth-order valence-electron chi connectivity index (χ4n) is 4.10. The number of benzene rings is 2. The Hall–Kier alpha value is -2.59. The molecule has 0 aromatic heterocycles. The molecule has 1 N–H and O–H groups in total. The van der Waals surface area contributed by atoms with E-state index in [0.717, 1.165) is 11.3 Å². The van der Waals surface area contributed by atoms with Crippen LogP contribution in [0.3, 0.4) is 0 Å². The van der Waals surface area contributed by atoms with Crippen molar-refractivity contribution in [1.82, 2.24) is 0 Å². The molecule has 2 atom stereocenters. The summed E-state index contributed by atoms with van der Waals surface area (Å²) in [6.45, 7) is 3.91. The summed E-state index contributed by atoms with van der Waals surface area (Å²) in [7, 11) is 3.22. The number of allylic oxidation sites excluding steroid dienone is 1. The Morgan fingerprint density at radius 2 is 1.44 bits per heavy atom. The summed E-state index contributed by atoms with van der Waals surface area (Å²) in [5.74, 6) is 0.981. The minimum absolute atomic E-state index is 0.0316. The Balaban J connectivity index is 2.22. The lowest BCUT2D eigenvalue weighted by atomic mass is 9.76. The zero-order valence-electron chi connectivity index (χ0n) is 16.3. The number of carbonyl (C=O) groups excluding carboxylic acids is 1. The highest BCUT2D eigenvalue weighted by molar-refractivity contribution is 6.11. The molecule has 4 heteroatoms. The van der Waals surface area contributed by atoms with Crippen LogP contribution in [0.25, 0.3) is 5.57 Å². The second-order valence-corrected chi connectivity index (χ2v) is 6.76. The van der Waals surface area contributed by atoms with Gasteiger partial charge in [0.2, 0.25) is 0 Å². The van der Waals surface area contributed by atoms with Gasteiger partial charge in [0.15, 0.2) is 5.78 Å². The minimum Gasteiger partial charge on any atom is -0.497 e. The lowest BCUT2D eigenvalue weighted by molar-refractivity contribution is -0.123. The summed E-state index contributed by atoms with van der Waals surface area (Å²) in [4.78, 5) is 13.1. The monoisotopic (exact) mass is 366 g/mol. The van der Waals surface area contributed by atoms with Crippen molar-refractivity contribution in [2.24, 2.45) is 5.92 Å². The highest BCUT2D eigenvalue weighted by atomic mass is 16.5. The molecule has 0 heterocycles. The zero-order chi connectivity index (χ0) is 19.6. The van der Waals surface area contributed by atoms with Crippen LogP contribution in [0.2, 0.25) is 0 Å². The number of Topliss-reactive ketones (excluding diaryl/α,β-unsaturated/α-hetero) is 1. The molecule has 0 amide bonds. The fraction of sp³-hybridized carbons (Fsp3) is 0.348. The largest absolute Gasteiger partial charge is 0.497 e. The van der Waals surface area contributed by atoms with Crippen LogP contribution in [0.1, 0.15) is 37.8 Å². The third kappa shape index (κ3) is 3.04. The van der Waals surface area contributed by atoms with Gasteiger partial charge in [0.1, 0.15) is 17.1 Å². The van der Waals surface area contributed by atoms with Crippen molar-refractivity contribution < 1.29 is 19.4 Å². The first kappa shape index (κ1) is 19.2. The van der Waals surface area contributed by atoms with Gasteiger partial charge >= 0.3 is 0 Å². The molecule has 0 aliphatic heterocycles. The summed E-state index contributed by atoms with van der Waals surface area (Å²) in [5.41, 5.74) is 1.59. The molecule has 0 unspecified atom stereocenters. The van der Waals surface area contributed by atoms with Crippen LogP contribution in [0.5, 0.6) is 11.5 Å². The quantitative estimate of drug-likeness (QED) is 0.825. The van der Waals surface area contributed by atoms with Gasteiger partial charge in [-0.15, -0.1) is 0 Å². The SMILES string of the molecule is CCC1=C(c2ccc(OC)cc2)[C@](O)(c2ccc(OC)cc2)[C@@H](CC)C1=O. The van der Waals surface area contributed by atoms with E-state index in [1.807, 2.05) is 62.4 Å². The second kappa shape index (κ2) is 7.57. The number of hydrogen-bond donors (Lipinski definition) is 1. The van der Waals surface area contributed by atoms with Crippen LogP contribution >= 0.6 is 0 Å². The summed E-state index contributed by atoms with van der Waals surface area (Å²) >= 11 is 0. The van der Waals surface area contributed by atoms with Gasteiger partial charge in [0, 0.05) is 11.1 Å². The molecule has 0 radical (unpaired) electrons. The van der Waals surface area contributed by atoms with E-state index >= 15 is 0 Å². The van der Waals surface area contributed by atoms with Crippen molar-refractivity contribution >= 4 is 11.4 Å². The van der Waals surface area contributed by atoms with Gasteiger partial charge in [-0.05, 0) is 48.2 Å². The molecule has 3 rings (SSSR count). The normalized spacial score (nSPS) is 22.3. The number of aliphatic hydroxyl groups is 1. The number of hydrogen-bond acceptors (Lipinski definition) is 4. The third-order valence-corrected chi connectivity index (χ3v) is 5.47. The Labute approximate surface area is 160 Å². The highest BCUT2D eigenvalue weighted by Crippen LogP contribution is 2.52. The number of carbonyl (C=O) groups is 1. The lowest BCUT2D eigenvalue weighted by Crippen LogP contribution is -2.35. The van der Waals surface area contributed by atoms with E-state index in [1.54, 1.807) is 14.2 Å². The van der Waals surface area contributed by atoms with Gasteiger partial charge in [-0.1, -0.05) is 38.1 Å². The molecule has 0 fully saturated rings. The van der Waals surface area contributed by atoms with Gasteiger partial charge in [0.05, 0.1) is 20.1 Å². The van der Waals surface area contributed by atoms with Crippen molar-refractivity contribution in [1.29, 1.82) is 0 Å². The molecule has 2 aromatic carbocycles. The maximum Gasteiger partial charge on any atom is 0.165 e. The highest BCUT2D eigenvalue weighted by Gasteiger charge is 2.52. The fourth-order valence-corrected chi connectivity index (χ4v) is 4.10. The van der Waals surface area contributed by atoms with Gasteiger partial charge in [-0.2, -0.15) is 0 Å². The molecule has 0 saturated carbocycles. The van der Waals surface area contributed by atoms with Crippen LogP contribution < -0.4 is 9.47 Å². The number of rotatable bonds is 6. The van der Waals surface area contributed by atoms with E-state index in [2.05, 4.69) is 0 Å². The van der Waals surface area contributed by atoms with E-state index in [0.29, 0.717) is 35.3 Å². The molecular weight excluding hydrogens is 340 g/mol. The summed E-state index contributed by atoms with van der Waals surface area (Å²) < 4.78 is 10.5. The van der Waals surface area contributed by atoms with Crippen molar-refractivity contribution in [3.63, 3.8) is 0 Å². The van der Waals surface area contributed by atoms with E-state index in [9.17, 15) is 9.90 Å².